The summed E-state index contributed by atoms with van der Waals surface area (Å²) in [4.78, 5) is 47.0. The number of nitrogens with one attached hydrogen (secondary N) is 1. The molecule has 232 valence electrons. The van der Waals surface area contributed by atoms with Gasteiger partial charge in [-0.2, -0.15) is 9.97 Å². The maximum Gasteiger partial charge on any atom is 0.325 e. The number of aromatic amines is 1. The molecule has 2 amide bonds. The van der Waals surface area contributed by atoms with Crippen LogP contribution in [0.5, 0.6) is 11.8 Å². The average Bonchev–Trinajstić information content (AvgIpc) is 3.51. The van der Waals surface area contributed by atoms with Gasteiger partial charge in [0, 0.05) is 74.0 Å². The van der Waals surface area contributed by atoms with E-state index in [4.69, 9.17) is 26.3 Å². The quantitative estimate of drug-likeness (QED) is 0.312. The zero-order valence-electron chi connectivity index (χ0n) is 25.0. The summed E-state index contributed by atoms with van der Waals surface area (Å²) in [5.74, 6) is 0.545. The Morgan fingerprint density at radius 2 is 1.84 bits per heavy atom. The Bertz CT molecular complexity index is 1830. The first-order valence-corrected chi connectivity index (χ1v) is 15.5. The van der Waals surface area contributed by atoms with Gasteiger partial charge in [0.15, 0.2) is 0 Å². The number of hydrogen-bond donors (Lipinski definition) is 1. The summed E-state index contributed by atoms with van der Waals surface area (Å²) in [6.07, 6.45) is 5.11. The molecular formula is C33H33ClFN7O3. The number of halogens is 2. The lowest BCUT2D eigenvalue weighted by Gasteiger charge is -2.37. The molecule has 7 rings (SSSR count). The molecule has 1 N–H and O–H groups in total. The lowest BCUT2D eigenvalue weighted by Crippen LogP contribution is -2.49. The monoisotopic (exact) mass is 629 g/mol. The van der Waals surface area contributed by atoms with Crippen LogP contribution in [-0.2, 0) is 24.2 Å². The molecule has 0 atom stereocenters. The molecule has 10 nitrogen and oxygen atoms in total. The standard InChI is InChI=1S/C33H33ClFN7O3/c1-3-27(43)40-14-16-41(17-15-40)30-23-7-5-12-42(32(44)28-22-9-11-36-25(22)18-24(35)29(28)34)31(23)38-33(37-30)45-26-8-4-6-20-19-39(2)13-10-21(20)26/h3-4,6,8-9,11,18,36H,1,5,7,10,12-17,19H2,2H3. The second-order valence-electron chi connectivity index (χ2n) is 11.7. The molecule has 4 aromatic rings. The van der Waals surface area contributed by atoms with Crippen LogP contribution < -0.4 is 14.5 Å². The molecule has 0 bridgehead atoms. The number of nitrogens with zero attached hydrogens (tertiary/aromatic N) is 6. The number of piperazine rings is 1. The van der Waals surface area contributed by atoms with Crippen molar-refractivity contribution < 1.29 is 18.7 Å². The number of amides is 2. The van der Waals surface area contributed by atoms with Crippen LogP contribution in [0.2, 0.25) is 5.02 Å². The fraction of sp³-hybridized carbons (Fsp3) is 0.333. The molecule has 0 saturated carbocycles. The maximum absolute atomic E-state index is 14.9. The number of rotatable bonds is 5. The molecule has 3 aliphatic rings. The minimum atomic E-state index is -0.675. The van der Waals surface area contributed by atoms with Gasteiger partial charge in [-0.15, -0.1) is 0 Å². The van der Waals surface area contributed by atoms with Crippen molar-refractivity contribution in [2.75, 3.05) is 56.1 Å². The van der Waals surface area contributed by atoms with E-state index in [-0.39, 0.29) is 22.5 Å². The summed E-state index contributed by atoms with van der Waals surface area (Å²) < 4.78 is 21.3. The zero-order valence-corrected chi connectivity index (χ0v) is 25.7. The summed E-state index contributed by atoms with van der Waals surface area (Å²) in [6.45, 7) is 7.81. The molecule has 5 heterocycles. The van der Waals surface area contributed by atoms with Crippen LogP contribution in [0.15, 0.2) is 49.2 Å². The van der Waals surface area contributed by atoms with E-state index in [0.717, 1.165) is 30.6 Å². The number of hydrogen-bond acceptors (Lipinski definition) is 7. The predicted octanol–water partition coefficient (Wildman–Crippen LogP) is 4.96. The molecule has 2 aromatic heterocycles. The van der Waals surface area contributed by atoms with E-state index in [1.165, 1.54) is 17.7 Å². The third-order valence-corrected chi connectivity index (χ3v) is 9.26. The van der Waals surface area contributed by atoms with Crippen LogP contribution in [0.25, 0.3) is 10.9 Å². The first kappa shape index (κ1) is 29.2. The zero-order chi connectivity index (χ0) is 31.2. The van der Waals surface area contributed by atoms with Crippen molar-refractivity contribution in [1.82, 2.24) is 24.8 Å². The molecular weight excluding hydrogens is 597 g/mol. The van der Waals surface area contributed by atoms with Gasteiger partial charge in [-0.25, -0.2) is 4.39 Å². The van der Waals surface area contributed by atoms with E-state index in [1.807, 2.05) is 12.1 Å². The third kappa shape index (κ3) is 5.29. The van der Waals surface area contributed by atoms with Gasteiger partial charge in [-0.3, -0.25) is 14.5 Å². The largest absolute Gasteiger partial charge is 0.424 e. The molecule has 0 aliphatic carbocycles. The van der Waals surface area contributed by atoms with Gasteiger partial charge in [0.25, 0.3) is 5.91 Å². The number of fused-ring (bicyclic) bond motifs is 3. The number of H-pyrrole nitrogens is 1. The van der Waals surface area contributed by atoms with Crippen LogP contribution >= 0.6 is 11.6 Å². The van der Waals surface area contributed by atoms with Crippen LogP contribution in [0.3, 0.4) is 0 Å². The Morgan fingerprint density at radius 3 is 2.64 bits per heavy atom. The Morgan fingerprint density at radius 1 is 1.04 bits per heavy atom. The lowest BCUT2D eigenvalue weighted by atomic mass is 9.99. The highest BCUT2D eigenvalue weighted by Crippen LogP contribution is 2.39. The summed E-state index contributed by atoms with van der Waals surface area (Å²) in [5, 5.41) is 0.307. The van der Waals surface area contributed by atoms with E-state index in [1.54, 1.807) is 22.1 Å². The Hall–Kier alpha value is -4.48. The smallest absolute Gasteiger partial charge is 0.325 e. The molecule has 0 radical (unpaired) electrons. The number of carbonyl (C=O) groups is 2. The molecule has 0 spiro atoms. The minimum absolute atomic E-state index is 0.0844. The van der Waals surface area contributed by atoms with Crippen molar-refractivity contribution in [2.45, 2.75) is 25.8 Å². The summed E-state index contributed by atoms with van der Waals surface area (Å²) in [5.41, 5.74) is 3.68. The van der Waals surface area contributed by atoms with Gasteiger partial charge in [0.05, 0.1) is 10.6 Å². The number of anilines is 2. The molecule has 45 heavy (non-hydrogen) atoms. The van der Waals surface area contributed by atoms with Gasteiger partial charge in [-0.1, -0.05) is 30.3 Å². The lowest BCUT2D eigenvalue weighted by molar-refractivity contribution is -0.126. The first-order chi connectivity index (χ1) is 21.8. The molecule has 0 unspecified atom stereocenters. The Kier molecular flexibility index (Phi) is 7.66. The summed E-state index contributed by atoms with van der Waals surface area (Å²) in [6, 6.07) is 9.12. The Labute approximate surface area is 265 Å². The van der Waals surface area contributed by atoms with Gasteiger partial charge in [-0.05, 0) is 56.1 Å². The second kappa shape index (κ2) is 11.8. The molecule has 1 fully saturated rings. The van der Waals surface area contributed by atoms with E-state index >= 15 is 0 Å². The highest BCUT2D eigenvalue weighted by atomic mass is 35.5. The minimum Gasteiger partial charge on any atom is -0.424 e. The number of ether oxygens (including phenoxy) is 1. The topological polar surface area (TPSA) is 97.9 Å². The molecule has 1 saturated heterocycles. The number of benzene rings is 2. The van der Waals surface area contributed by atoms with Gasteiger partial charge in [0.1, 0.15) is 23.2 Å². The van der Waals surface area contributed by atoms with Crippen LogP contribution in [0, 0.1) is 5.82 Å². The first-order valence-electron chi connectivity index (χ1n) is 15.1. The number of carbonyl (C=O) groups excluding carboxylic acids is 2. The fourth-order valence-corrected chi connectivity index (χ4v) is 6.82. The summed E-state index contributed by atoms with van der Waals surface area (Å²) in [7, 11) is 2.09. The fourth-order valence-electron chi connectivity index (χ4n) is 6.58. The van der Waals surface area contributed by atoms with E-state index in [9.17, 15) is 14.0 Å². The van der Waals surface area contributed by atoms with Crippen molar-refractivity contribution in [3.05, 3.63) is 82.3 Å². The second-order valence-corrected chi connectivity index (χ2v) is 12.1. The van der Waals surface area contributed by atoms with Gasteiger partial charge >= 0.3 is 6.01 Å². The number of likely N-dealkylation sites (N-methyl/N-ethyl adjacent to an activating group) is 1. The summed E-state index contributed by atoms with van der Waals surface area (Å²) >= 11 is 6.45. The van der Waals surface area contributed by atoms with Crippen molar-refractivity contribution >= 4 is 46.0 Å². The third-order valence-electron chi connectivity index (χ3n) is 8.90. The van der Waals surface area contributed by atoms with Gasteiger partial charge < -0.3 is 24.4 Å². The van der Waals surface area contributed by atoms with Crippen LogP contribution in [0.4, 0.5) is 16.0 Å². The molecule has 3 aliphatic heterocycles. The van der Waals surface area contributed by atoms with Crippen molar-refractivity contribution in [3.63, 3.8) is 0 Å². The highest BCUT2D eigenvalue weighted by molar-refractivity contribution is 6.36. The van der Waals surface area contributed by atoms with Gasteiger partial charge in [0.2, 0.25) is 5.91 Å². The molecule has 2 aromatic carbocycles. The maximum atomic E-state index is 14.9. The van der Waals surface area contributed by atoms with E-state index in [2.05, 4.69) is 34.5 Å². The highest BCUT2D eigenvalue weighted by Gasteiger charge is 2.34. The molecule has 12 heteroatoms. The van der Waals surface area contributed by atoms with Crippen molar-refractivity contribution in [3.8, 4) is 11.8 Å². The van der Waals surface area contributed by atoms with E-state index < -0.39 is 11.7 Å². The average molecular weight is 630 g/mol. The normalized spacial score (nSPS) is 16.8. The van der Waals surface area contributed by atoms with Crippen molar-refractivity contribution in [1.29, 1.82) is 0 Å². The van der Waals surface area contributed by atoms with Crippen molar-refractivity contribution in [2.24, 2.45) is 0 Å². The SMILES string of the molecule is C=CC(=O)N1CCN(c2nc(Oc3cccc4c3CCN(C)C4)nc3c2CCCN3C(=O)c2c(Cl)c(F)cc3[nH]ccc23)CC1. The van der Waals surface area contributed by atoms with Crippen LogP contribution in [0.1, 0.15) is 33.5 Å². The predicted molar refractivity (Wildman–Crippen MR) is 171 cm³/mol. The van der Waals surface area contributed by atoms with E-state index in [0.29, 0.717) is 73.9 Å². The Balaban J connectivity index is 1.31. The van der Waals surface area contributed by atoms with Crippen LogP contribution in [-0.4, -0.2) is 82.9 Å². The number of aromatic nitrogens is 3.